The lowest BCUT2D eigenvalue weighted by molar-refractivity contribution is -0.140. The molecule has 0 aliphatic heterocycles. The van der Waals surface area contributed by atoms with E-state index in [0.29, 0.717) is 11.6 Å². The highest BCUT2D eigenvalue weighted by molar-refractivity contribution is 7.93. The van der Waals surface area contributed by atoms with Gasteiger partial charge in [-0.1, -0.05) is 44.0 Å². The Morgan fingerprint density at radius 3 is 2.21 bits per heavy atom. The normalized spacial score (nSPS) is 13.0. The molecule has 0 aliphatic carbocycles. The molecule has 2 heterocycles. The Balaban J connectivity index is 1.86. The zero-order valence-electron chi connectivity index (χ0n) is 25.2. The fourth-order valence-electron chi connectivity index (χ4n) is 4.98. The van der Waals surface area contributed by atoms with Gasteiger partial charge in [-0.15, -0.1) is 10.2 Å². The molecule has 13 heteroatoms. The van der Waals surface area contributed by atoms with E-state index in [1.807, 2.05) is 44.6 Å². The van der Waals surface area contributed by atoms with Crippen LogP contribution in [0.1, 0.15) is 32.0 Å². The van der Waals surface area contributed by atoms with Crippen LogP contribution in [0.3, 0.4) is 0 Å². The van der Waals surface area contributed by atoms with Gasteiger partial charge in [0.05, 0.1) is 16.1 Å². The molecular weight excluding hydrogens is 611 g/mol. The monoisotopic (exact) mass is 646 g/mol. The quantitative estimate of drug-likeness (QED) is 0.215. The van der Waals surface area contributed by atoms with Gasteiger partial charge in [0.15, 0.2) is 5.82 Å². The van der Waals surface area contributed by atoms with E-state index in [1.165, 1.54) is 18.2 Å². The second-order valence-electron chi connectivity index (χ2n) is 11.8. The average Bonchev–Trinajstić information content (AvgIpc) is 3.15. The summed E-state index contributed by atoms with van der Waals surface area (Å²) in [6.07, 6.45) is 0. The molecule has 10 nitrogen and oxygen atoms in total. The number of aromatic nitrogens is 3. The molecule has 0 aliphatic rings. The number of halogens is 2. The number of anilines is 2. The first-order valence-electron chi connectivity index (χ1n) is 13.6. The van der Waals surface area contributed by atoms with Crippen LogP contribution in [-0.2, 0) is 14.8 Å². The summed E-state index contributed by atoms with van der Waals surface area (Å²) >= 11 is 12.3. The lowest BCUT2D eigenvalue weighted by Gasteiger charge is -2.37. The van der Waals surface area contributed by atoms with Crippen molar-refractivity contribution < 1.29 is 18.3 Å². The lowest BCUT2D eigenvalue weighted by atomic mass is 9.86. The summed E-state index contributed by atoms with van der Waals surface area (Å²) in [6.45, 7) is 10.5. The molecule has 2 aromatic carbocycles. The smallest absolute Gasteiger partial charge is 0.328 e. The number of sulfonamides is 1. The fraction of sp³-hybridized carbons (Fsp3) is 0.367. The van der Waals surface area contributed by atoms with Gasteiger partial charge in [0.1, 0.15) is 11.9 Å². The summed E-state index contributed by atoms with van der Waals surface area (Å²) < 4.78 is 31.3. The number of nitrogens with zero attached hydrogens (tertiary/aromatic N) is 5. The van der Waals surface area contributed by atoms with Gasteiger partial charge in [0, 0.05) is 34.2 Å². The van der Waals surface area contributed by atoms with E-state index in [0.717, 1.165) is 39.6 Å². The van der Waals surface area contributed by atoms with E-state index in [1.54, 1.807) is 39.0 Å². The molecule has 0 fully saturated rings. The predicted octanol–water partition coefficient (Wildman–Crippen LogP) is 6.01. The van der Waals surface area contributed by atoms with E-state index >= 15 is 0 Å². The predicted molar refractivity (Wildman–Crippen MR) is 172 cm³/mol. The topological polar surface area (TPSA) is 121 Å². The Hall–Kier alpha value is -3.38. The number of likely N-dealkylation sites (N-methyl/N-ethyl adjacent to an activating group) is 1. The second kappa shape index (κ2) is 12.3. The minimum absolute atomic E-state index is 0.118. The molecular formula is C30H36Cl2N6O4S. The highest BCUT2D eigenvalue weighted by atomic mass is 35.5. The molecule has 0 bridgehead atoms. The van der Waals surface area contributed by atoms with Gasteiger partial charge in [-0.3, -0.25) is 8.87 Å². The SMILES string of the molecule is Cc1c(C)n(-c2ccc(NCCN(C)C)nn2)c2ccc(N(C(C(=O)O)C(C)(C)C)S(=O)(=O)c3cc(Cl)cc(Cl)c3)cc12. The molecule has 4 rings (SSSR count). The van der Waals surface area contributed by atoms with Crippen LogP contribution in [-0.4, -0.2) is 72.4 Å². The maximum atomic E-state index is 14.2. The van der Waals surface area contributed by atoms with Crippen molar-refractivity contribution in [3.05, 3.63) is 69.8 Å². The highest BCUT2D eigenvalue weighted by Gasteiger charge is 2.43. The third-order valence-electron chi connectivity index (χ3n) is 7.18. The van der Waals surface area contributed by atoms with E-state index in [-0.39, 0.29) is 20.6 Å². The van der Waals surface area contributed by atoms with Gasteiger partial charge in [-0.25, -0.2) is 13.2 Å². The first kappa shape index (κ1) is 32.5. The summed E-state index contributed by atoms with van der Waals surface area (Å²) in [5.74, 6) is -0.0374. The van der Waals surface area contributed by atoms with Gasteiger partial charge in [-0.2, -0.15) is 0 Å². The summed E-state index contributed by atoms with van der Waals surface area (Å²) in [7, 11) is -0.444. The zero-order chi connectivity index (χ0) is 31.9. The number of aryl methyl sites for hydroxylation is 1. The Labute approximate surface area is 262 Å². The maximum absolute atomic E-state index is 14.2. The number of hydrogen-bond acceptors (Lipinski definition) is 7. The van der Waals surface area contributed by atoms with Gasteiger partial charge in [0.2, 0.25) is 0 Å². The molecule has 4 aromatic rings. The number of rotatable bonds is 10. The summed E-state index contributed by atoms with van der Waals surface area (Å²) in [5.41, 5.74) is 1.75. The Bertz CT molecular complexity index is 1750. The second-order valence-corrected chi connectivity index (χ2v) is 14.5. The van der Waals surface area contributed by atoms with Gasteiger partial charge >= 0.3 is 5.97 Å². The molecule has 2 aromatic heterocycles. The molecule has 0 amide bonds. The van der Waals surface area contributed by atoms with Crippen LogP contribution in [0.2, 0.25) is 10.0 Å². The van der Waals surface area contributed by atoms with Crippen LogP contribution in [0.4, 0.5) is 11.5 Å². The van der Waals surface area contributed by atoms with Crippen molar-refractivity contribution in [1.29, 1.82) is 0 Å². The van der Waals surface area contributed by atoms with Crippen LogP contribution in [0, 0.1) is 19.3 Å². The molecule has 0 radical (unpaired) electrons. The zero-order valence-corrected chi connectivity index (χ0v) is 27.5. The van der Waals surface area contributed by atoms with Crippen LogP contribution in [0.15, 0.2) is 53.4 Å². The summed E-state index contributed by atoms with van der Waals surface area (Å²) in [6, 6.07) is 11.3. The van der Waals surface area contributed by atoms with Crippen molar-refractivity contribution in [2.45, 2.75) is 45.6 Å². The Morgan fingerprint density at radius 1 is 1.02 bits per heavy atom. The van der Waals surface area contributed by atoms with Crippen LogP contribution in [0.5, 0.6) is 0 Å². The minimum atomic E-state index is -4.44. The van der Waals surface area contributed by atoms with E-state index in [9.17, 15) is 18.3 Å². The number of benzene rings is 2. The molecule has 0 spiro atoms. The lowest BCUT2D eigenvalue weighted by Crippen LogP contribution is -2.52. The maximum Gasteiger partial charge on any atom is 0.328 e. The Morgan fingerprint density at radius 2 is 1.67 bits per heavy atom. The van der Waals surface area contributed by atoms with Gasteiger partial charge in [0.25, 0.3) is 10.0 Å². The van der Waals surface area contributed by atoms with E-state index in [4.69, 9.17) is 23.2 Å². The first-order chi connectivity index (χ1) is 20.0. The van der Waals surface area contributed by atoms with E-state index in [2.05, 4.69) is 20.4 Å². The molecule has 0 saturated heterocycles. The first-order valence-corrected chi connectivity index (χ1v) is 15.8. The molecule has 230 valence electrons. The van der Waals surface area contributed by atoms with Crippen molar-refractivity contribution >= 4 is 61.6 Å². The van der Waals surface area contributed by atoms with Crippen molar-refractivity contribution in [3.8, 4) is 5.82 Å². The highest BCUT2D eigenvalue weighted by Crippen LogP contribution is 2.38. The molecule has 1 unspecified atom stereocenters. The molecule has 43 heavy (non-hydrogen) atoms. The standard InChI is InChI=1S/C30H36Cl2N6O4S/c1-18-19(2)37(27-11-10-26(34-35-27)33-12-13-36(6)7)25-9-8-22(17-24(18)25)38(28(29(39)40)30(3,4)5)43(41,42)23-15-20(31)14-21(32)16-23/h8-11,14-17,28H,12-13H2,1-7H3,(H,33,34)(H,39,40). The van der Waals surface area contributed by atoms with Crippen LogP contribution < -0.4 is 9.62 Å². The number of hydrogen-bond donors (Lipinski definition) is 2. The number of carboxylic acid groups (broad SMARTS) is 1. The van der Waals surface area contributed by atoms with Crippen LogP contribution >= 0.6 is 23.2 Å². The molecule has 1 atom stereocenters. The van der Waals surface area contributed by atoms with Gasteiger partial charge in [-0.05, 0) is 87.5 Å². The van der Waals surface area contributed by atoms with Crippen LogP contribution in [0.25, 0.3) is 16.7 Å². The number of carboxylic acids is 1. The van der Waals surface area contributed by atoms with Crippen molar-refractivity contribution in [2.24, 2.45) is 5.41 Å². The van der Waals surface area contributed by atoms with Crippen molar-refractivity contribution in [2.75, 3.05) is 36.8 Å². The molecule has 2 N–H and O–H groups in total. The largest absolute Gasteiger partial charge is 0.480 e. The van der Waals surface area contributed by atoms with Gasteiger partial charge < -0.3 is 15.3 Å². The fourth-order valence-corrected chi connectivity index (χ4v) is 7.49. The van der Waals surface area contributed by atoms with Crippen molar-refractivity contribution in [3.63, 3.8) is 0 Å². The number of nitrogens with one attached hydrogen (secondary N) is 1. The Kier molecular flexibility index (Phi) is 9.32. The number of carbonyl (C=O) groups is 1. The minimum Gasteiger partial charge on any atom is -0.480 e. The average molecular weight is 648 g/mol. The number of aliphatic carboxylic acids is 1. The molecule has 0 saturated carbocycles. The number of fused-ring (bicyclic) bond motifs is 1. The third kappa shape index (κ3) is 6.75. The van der Waals surface area contributed by atoms with E-state index < -0.39 is 27.4 Å². The third-order valence-corrected chi connectivity index (χ3v) is 9.39. The summed E-state index contributed by atoms with van der Waals surface area (Å²) in [4.78, 5) is 14.5. The summed E-state index contributed by atoms with van der Waals surface area (Å²) in [5, 5.41) is 23.3. The van der Waals surface area contributed by atoms with Crippen molar-refractivity contribution in [1.82, 2.24) is 19.7 Å².